The van der Waals surface area contributed by atoms with Crippen molar-refractivity contribution in [3.63, 3.8) is 0 Å². The van der Waals surface area contributed by atoms with Crippen molar-refractivity contribution >= 4 is 23.2 Å². The van der Waals surface area contributed by atoms with Crippen molar-refractivity contribution in [1.82, 2.24) is 10.3 Å². The summed E-state index contributed by atoms with van der Waals surface area (Å²) < 4.78 is 0. The van der Waals surface area contributed by atoms with E-state index in [0.29, 0.717) is 17.2 Å². The zero-order valence-corrected chi connectivity index (χ0v) is 13.7. The molecule has 2 heterocycles. The highest BCUT2D eigenvalue weighted by molar-refractivity contribution is 6.23. The summed E-state index contributed by atoms with van der Waals surface area (Å²) in [6, 6.07) is 14.0. The molecule has 0 saturated heterocycles. The molecule has 0 atom stereocenters. The van der Waals surface area contributed by atoms with E-state index in [1.165, 1.54) is 5.56 Å². The average Bonchev–Trinajstić information content (AvgIpc) is 2.64. The van der Waals surface area contributed by atoms with Gasteiger partial charge in [-0.1, -0.05) is 35.9 Å². The number of nitrogens with zero attached hydrogens (tertiary/aromatic N) is 3. The molecule has 0 amide bonds. The smallest absolute Gasteiger partial charge is 0.143 e. The van der Waals surface area contributed by atoms with Gasteiger partial charge in [0.15, 0.2) is 0 Å². The lowest BCUT2D eigenvalue weighted by atomic mass is 10.0. The van der Waals surface area contributed by atoms with E-state index in [4.69, 9.17) is 5.73 Å². The fourth-order valence-electron chi connectivity index (χ4n) is 2.39. The van der Waals surface area contributed by atoms with Gasteiger partial charge in [0.25, 0.3) is 0 Å². The van der Waals surface area contributed by atoms with E-state index in [9.17, 15) is 0 Å². The minimum Gasteiger partial charge on any atom is -0.383 e. The molecule has 5 heteroatoms. The third-order valence-electron chi connectivity index (χ3n) is 3.74. The number of benzene rings is 1. The third kappa shape index (κ3) is 3.25. The number of amidine groups is 1. The largest absolute Gasteiger partial charge is 0.383 e. The number of nitrogens with one attached hydrogen (secondary N) is 1. The first-order chi connectivity index (χ1) is 11.7. The Morgan fingerprint density at radius 3 is 2.50 bits per heavy atom. The first-order valence-electron chi connectivity index (χ1n) is 7.65. The molecule has 1 aromatic heterocycles. The number of allylic oxidation sites excluding steroid dienone is 1. The highest BCUT2D eigenvalue weighted by Crippen LogP contribution is 2.21. The third-order valence-corrected chi connectivity index (χ3v) is 3.74. The van der Waals surface area contributed by atoms with Gasteiger partial charge in [0.1, 0.15) is 11.7 Å². The second-order valence-corrected chi connectivity index (χ2v) is 5.42. The van der Waals surface area contributed by atoms with Crippen LogP contribution in [0.15, 0.2) is 70.7 Å². The predicted octanol–water partition coefficient (Wildman–Crippen LogP) is 2.76. The minimum atomic E-state index is 0.389. The van der Waals surface area contributed by atoms with Gasteiger partial charge in [-0.15, -0.1) is 0 Å². The average molecular weight is 317 g/mol. The van der Waals surface area contributed by atoms with Gasteiger partial charge < -0.3 is 11.1 Å². The number of hydrogen-bond acceptors (Lipinski definition) is 4. The van der Waals surface area contributed by atoms with E-state index in [2.05, 4.69) is 51.5 Å². The summed E-state index contributed by atoms with van der Waals surface area (Å²) in [6.45, 7) is 2.07. The van der Waals surface area contributed by atoms with Crippen LogP contribution in [0.2, 0.25) is 0 Å². The fraction of sp³-hybridized carbons (Fsp3) is 0.105. The Bertz CT molecular complexity index is 843. The van der Waals surface area contributed by atoms with Crippen LogP contribution in [-0.2, 0) is 0 Å². The molecular weight excluding hydrogens is 298 g/mol. The molecule has 1 aromatic carbocycles. The quantitative estimate of drug-likeness (QED) is 0.675. The van der Waals surface area contributed by atoms with Crippen LogP contribution < -0.4 is 11.1 Å². The second-order valence-electron chi connectivity index (χ2n) is 5.42. The molecule has 3 rings (SSSR count). The molecule has 0 bridgehead atoms. The van der Waals surface area contributed by atoms with Gasteiger partial charge in [-0.25, -0.2) is 4.99 Å². The van der Waals surface area contributed by atoms with Crippen LogP contribution in [0.4, 0.5) is 0 Å². The van der Waals surface area contributed by atoms with Gasteiger partial charge in [-0.2, -0.15) is 0 Å². The maximum absolute atomic E-state index is 6.06. The normalized spacial score (nSPS) is 16.4. The van der Waals surface area contributed by atoms with Crippen LogP contribution >= 0.6 is 0 Å². The van der Waals surface area contributed by atoms with E-state index in [-0.39, 0.29) is 0 Å². The van der Waals surface area contributed by atoms with Crippen LogP contribution in [0.5, 0.6) is 0 Å². The number of pyridine rings is 1. The Kier molecular flexibility index (Phi) is 4.52. The van der Waals surface area contributed by atoms with E-state index < -0.39 is 0 Å². The highest BCUT2D eigenvalue weighted by Gasteiger charge is 2.16. The standard InChI is InChI=1S/C19H19N5/c1-13-6-8-14(9-7-13)15-11-23-19(24-12-15)17(18(20)21-2)16-5-3-4-10-22-16/h3-12,23H,1-2H3,(H2,20,21)/b19-17+. The summed E-state index contributed by atoms with van der Waals surface area (Å²) >= 11 is 0. The first-order valence-corrected chi connectivity index (χ1v) is 7.65. The summed E-state index contributed by atoms with van der Waals surface area (Å²) in [6.07, 6.45) is 5.46. The van der Waals surface area contributed by atoms with Crippen molar-refractivity contribution in [3.05, 3.63) is 77.5 Å². The van der Waals surface area contributed by atoms with Gasteiger partial charge in [-0.05, 0) is 24.6 Å². The molecule has 0 radical (unpaired) electrons. The van der Waals surface area contributed by atoms with Gasteiger partial charge >= 0.3 is 0 Å². The number of aliphatic imine (C=N–C) groups is 2. The number of aromatic nitrogens is 1. The Balaban J connectivity index is 1.96. The van der Waals surface area contributed by atoms with Crippen molar-refractivity contribution < 1.29 is 0 Å². The summed E-state index contributed by atoms with van der Waals surface area (Å²) in [5, 5.41) is 3.21. The molecule has 0 unspecified atom stereocenters. The summed E-state index contributed by atoms with van der Waals surface area (Å²) in [5.41, 5.74) is 10.8. The molecule has 1 aliphatic heterocycles. The predicted molar refractivity (Wildman–Crippen MR) is 99.5 cm³/mol. The van der Waals surface area contributed by atoms with Crippen molar-refractivity contribution in [2.24, 2.45) is 15.7 Å². The van der Waals surface area contributed by atoms with E-state index in [1.54, 1.807) is 13.2 Å². The monoisotopic (exact) mass is 317 g/mol. The number of nitrogens with two attached hydrogens (primary N) is 1. The van der Waals surface area contributed by atoms with Crippen LogP contribution in [0.25, 0.3) is 11.1 Å². The van der Waals surface area contributed by atoms with Crippen molar-refractivity contribution in [1.29, 1.82) is 0 Å². The van der Waals surface area contributed by atoms with Gasteiger partial charge in [0, 0.05) is 31.2 Å². The summed E-state index contributed by atoms with van der Waals surface area (Å²) in [7, 11) is 1.65. The molecule has 2 aromatic rings. The first kappa shape index (κ1) is 15.7. The van der Waals surface area contributed by atoms with Gasteiger partial charge in [-0.3, -0.25) is 9.98 Å². The van der Waals surface area contributed by atoms with Crippen molar-refractivity contribution in [2.45, 2.75) is 6.92 Å². The van der Waals surface area contributed by atoms with E-state index in [1.807, 2.05) is 30.6 Å². The van der Waals surface area contributed by atoms with E-state index in [0.717, 1.165) is 16.8 Å². The zero-order chi connectivity index (χ0) is 16.9. The van der Waals surface area contributed by atoms with Gasteiger partial charge in [0.2, 0.25) is 0 Å². The lowest BCUT2D eigenvalue weighted by molar-refractivity contribution is 1.03. The Morgan fingerprint density at radius 1 is 1.12 bits per heavy atom. The van der Waals surface area contributed by atoms with Gasteiger partial charge in [0.05, 0.1) is 11.3 Å². The fourth-order valence-corrected chi connectivity index (χ4v) is 2.39. The molecular formula is C19H19N5. The summed E-state index contributed by atoms with van der Waals surface area (Å²) in [4.78, 5) is 13.0. The van der Waals surface area contributed by atoms with Crippen molar-refractivity contribution in [3.8, 4) is 0 Å². The molecule has 0 fully saturated rings. The van der Waals surface area contributed by atoms with Crippen molar-refractivity contribution in [2.75, 3.05) is 7.05 Å². The van der Waals surface area contributed by atoms with E-state index >= 15 is 0 Å². The minimum absolute atomic E-state index is 0.389. The Labute approximate surface area is 141 Å². The molecule has 0 spiro atoms. The molecule has 3 N–H and O–H groups in total. The lowest BCUT2D eigenvalue weighted by Gasteiger charge is -2.15. The van der Waals surface area contributed by atoms with Crippen LogP contribution in [0.3, 0.4) is 0 Å². The number of aryl methyl sites for hydroxylation is 1. The van der Waals surface area contributed by atoms with Crippen LogP contribution in [0, 0.1) is 6.92 Å². The number of rotatable bonds is 3. The molecule has 0 aliphatic carbocycles. The number of hydrogen-bond donors (Lipinski definition) is 2. The highest BCUT2D eigenvalue weighted by atomic mass is 15.0. The SMILES string of the molecule is CN=C(N)/C(=C1/N=CC(c2ccc(C)cc2)=CN1)c1ccccn1. The molecule has 1 aliphatic rings. The molecule has 24 heavy (non-hydrogen) atoms. The zero-order valence-electron chi connectivity index (χ0n) is 13.7. The van der Waals surface area contributed by atoms with Crippen LogP contribution in [0.1, 0.15) is 16.8 Å². The maximum Gasteiger partial charge on any atom is 0.143 e. The molecule has 120 valence electrons. The maximum atomic E-state index is 6.06. The molecule has 5 nitrogen and oxygen atoms in total. The molecule has 0 saturated carbocycles. The second kappa shape index (κ2) is 6.91. The Hall–Kier alpha value is -3.21. The topological polar surface area (TPSA) is 75.7 Å². The lowest BCUT2D eigenvalue weighted by Crippen LogP contribution is -2.21. The summed E-state index contributed by atoms with van der Waals surface area (Å²) in [5.74, 6) is 1.02. The Morgan fingerprint density at radius 2 is 1.92 bits per heavy atom. The van der Waals surface area contributed by atoms with Crippen LogP contribution in [-0.4, -0.2) is 24.1 Å².